The number of hydrogen-bond acceptors (Lipinski definition) is 6. The minimum absolute atomic E-state index is 0.0503. The molecule has 1 aliphatic heterocycles. The Morgan fingerprint density at radius 2 is 1.03 bits per heavy atom. The van der Waals surface area contributed by atoms with E-state index in [0.29, 0.717) is 22.6 Å². The third-order valence-corrected chi connectivity index (χ3v) is 5.80. The molecule has 6 nitrogen and oxygen atoms in total. The number of allylic oxidation sites excluding steroid dienone is 2. The Morgan fingerprint density at radius 1 is 0.629 bits per heavy atom. The van der Waals surface area contributed by atoms with Crippen molar-refractivity contribution in [1.82, 2.24) is 0 Å². The number of rotatable bonds is 2. The molecule has 162 valence electrons. The maximum atomic E-state index is 9.36. The molecule has 0 saturated heterocycles. The van der Waals surface area contributed by atoms with E-state index in [2.05, 4.69) is 0 Å². The molecule has 35 heavy (non-hydrogen) atoms. The van der Waals surface area contributed by atoms with Gasteiger partial charge in [-0.05, 0) is 45.8 Å². The van der Waals surface area contributed by atoms with E-state index in [9.17, 15) is 21.0 Å². The van der Waals surface area contributed by atoms with Crippen LogP contribution < -0.4 is 9.47 Å². The highest BCUT2D eigenvalue weighted by molar-refractivity contribution is 6.12. The highest BCUT2D eigenvalue weighted by Gasteiger charge is 2.26. The van der Waals surface area contributed by atoms with Crippen molar-refractivity contribution in [2.24, 2.45) is 0 Å². The number of nitrogens with zero attached hydrogens (tertiary/aromatic N) is 4. The van der Waals surface area contributed by atoms with Crippen molar-refractivity contribution in [3.8, 4) is 46.9 Å². The van der Waals surface area contributed by atoms with Crippen LogP contribution in [-0.2, 0) is 0 Å². The predicted molar refractivity (Wildman–Crippen MR) is 131 cm³/mol. The van der Waals surface area contributed by atoms with Crippen LogP contribution in [0.3, 0.4) is 0 Å². The van der Waals surface area contributed by atoms with Gasteiger partial charge in [0, 0.05) is 22.3 Å². The Kier molecular flexibility index (Phi) is 5.33. The van der Waals surface area contributed by atoms with Gasteiger partial charge in [0.1, 0.15) is 46.9 Å². The van der Waals surface area contributed by atoms with Crippen LogP contribution >= 0.6 is 0 Å². The van der Waals surface area contributed by atoms with Crippen molar-refractivity contribution in [1.29, 1.82) is 21.0 Å². The second kappa shape index (κ2) is 8.76. The first-order valence-electron chi connectivity index (χ1n) is 10.6. The van der Waals surface area contributed by atoms with E-state index < -0.39 is 0 Å². The van der Waals surface area contributed by atoms with Crippen LogP contribution in [0.25, 0.3) is 44.8 Å². The molecule has 4 aromatic rings. The van der Waals surface area contributed by atoms with E-state index in [-0.39, 0.29) is 17.9 Å². The molecule has 0 saturated carbocycles. The first kappa shape index (κ1) is 21.3. The Hall–Kier alpha value is -5.56. The van der Waals surface area contributed by atoms with Gasteiger partial charge in [-0.1, -0.05) is 48.5 Å². The van der Waals surface area contributed by atoms with Crippen LogP contribution in [0.15, 0.2) is 71.8 Å². The summed E-state index contributed by atoms with van der Waals surface area (Å²) < 4.78 is 12.2. The first-order chi connectivity index (χ1) is 17.2. The predicted octanol–water partition coefficient (Wildman–Crippen LogP) is 6.25. The van der Waals surface area contributed by atoms with Crippen molar-refractivity contribution >= 4 is 33.7 Å². The van der Waals surface area contributed by atoms with Gasteiger partial charge in [-0.25, -0.2) is 0 Å². The molecule has 1 heterocycles. The van der Waals surface area contributed by atoms with Gasteiger partial charge < -0.3 is 9.47 Å². The third kappa shape index (κ3) is 3.59. The molecular formula is C29H14N4O2. The minimum atomic E-state index is -0.138. The van der Waals surface area contributed by atoms with Gasteiger partial charge >= 0.3 is 0 Å². The number of nitriles is 4. The molecule has 0 spiro atoms. The van der Waals surface area contributed by atoms with Crippen LogP contribution in [0.4, 0.5) is 0 Å². The summed E-state index contributed by atoms with van der Waals surface area (Å²) in [6, 6.07) is 26.9. The Bertz CT molecular complexity index is 1610. The third-order valence-electron chi connectivity index (χ3n) is 5.80. The van der Waals surface area contributed by atoms with E-state index in [4.69, 9.17) is 9.47 Å². The molecule has 0 atom stereocenters. The van der Waals surface area contributed by atoms with E-state index in [1.807, 2.05) is 84.9 Å². The maximum absolute atomic E-state index is 9.36. The fourth-order valence-corrected chi connectivity index (χ4v) is 4.36. The standard InChI is InChI=1S/C29H14N4O2/c30-13-18(14-31)9-22-11-20-5-1-3-7-24(20)26-27-25-8-4-2-6-21(25)12-23(10-19(15-32)16-33)29(27)35-17-34-28(22)26/h1-12H,17H2. The first-order valence-corrected chi connectivity index (χ1v) is 10.6. The van der Waals surface area contributed by atoms with E-state index >= 15 is 0 Å². The summed E-state index contributed by atoms with van der Waals surface area (Å²) in [5, 5.41) is 41.0. The monoisotopic (exact) mass is 450 g/mol. The van der Waals surface area contributed by atoms with Crippen molar-refractivity contribution in [3.05, 3.63) is 82.9 Å². The quantitative estimate of drug-likeness (QED) is 0.334. The molecule has 0 aromatic heterocycles. The molecule has 6 heteroatoms. The zero-order valence-electron chi connectivity index (χ0n) is 18.2. The second-order valence-corrected chi connectivity index (χ2v) is 7.75. The number of benzene rings is 4. The molecule has 0 bridgehead atoms. The number of fused-ring (bicyclic) bond motifs is 7. The summed E-state index contributed by atoms with van der Waals surface area (Å²) in [6.45, 7) is -0.138. The lowest BCUT2D eigenvalue weighted by molar-refractivity contribution is 0.124. The van der Waals surface area contributed by atoms with E-state index in [1.54, 1.807) is 0 Å². The van der Waals surface area contributed by atoms with Crippen LogP contribution in [0.5, 0.6) is 11.5 Å². The molecule has 5 rings (SSSR count). The molecule has 1 aliphatic rings. The lowest BCUT2D eigenvalue weighted by Gasteiger charge is -2.17. The summed E-state index contributed by atoms with van der Waals surface area (Å²) in [5.74, 6) is 0.968. The highest BCUT2D eigenvalue weighted by Crippen LogP contribution is 2.50. The van der Waals surface area contributed by atoms with Crippen molar-refractivity contribution < 1.29 is 9.47 Å². The van der Waals surface area contributed by atoms with E-state index in [1.165, 1.54) is 12.2 Å². The lowest BCUT2D eigenvalue weighted by atomic mass is 9.88. The van der Waals surface area contributed by atoms with Gasteiger partial charge in [0.15, 0.2) is 0 Å². The van der Waals surface area contributed by atoms with Crippen LogP contribution in [0.1, 0.15) is 11.1 Å². The summed E-state index contributed by atoms with van der Waals surface area (Å²) in [6.07, 6.45) is 3.01. The summed E-state index contributed by atoms with van der Waals surface area (Å²) >= 11 is 0. The lowest BCUT2D eigenvalue weighted by Crippen LogP contribution is -2.05. The summed E-state index contributed by atoms with van der Waals surface area (Å²) in [5.41, 5.74) is 2.55. The zero-order valence-corrected chi connectivity index (χ0v) is 18.2. The van der Waals surface area contributed by atoms with Crippen molar-refractivity contribution in [2.75, 3.05) is 6.79 Å². The molecule has 0 amide bonds. The molecule has 0 unspecified atom stereocenters. The van der Waals surface area contributed by atoms with Crippen LogP contribution in [-0.4, -0.2) is 6.79 Å². The van der Waals surface area contributed by atoms with Crippen LogP contribution in [0.2, 0.25) is 0 Å². The van der Waals surface area contributed by atoms with Gasteiger partial charge in [-0.3, -0.25) is 0 Å². The van der Waals surface area contributed by atoms with Crippen molar-refractivity contribution in [2.45, 2.75) is 0 Å². The summed E-state index contributed by atoms with van der Waals surface area (Å²) in [4.78, 5) is 0. The molecule has 0 aliphatic carbocycles. The Morgan fingerprint density at radius 3 is 1.43 bits per heavy atom. The summed E-state index contributed by atoms with van der Waals surface area (Å²) in [7, 11) is 0. The smallest absolute Gasteiger partial charge is 0.231 e. The SMILES string of the molecule is N#CC(C#N)=Cc1cc2ccccc2c2c1OCOc1c(C=C(C#N)C#N)cc3ccccc3c1-2. The second-order valence-electron chi connectivity index (χ2n) is 7.75. The highest BCUT2D eigenvalue weighted by atomic mass is 16.7. The van der Waals surface area contributed by atoms with Gasteiger partial charge in [-0.15, -0.1) is 0 Å². The minimum Gasteiger partial charge on any atom is -0.456 e. The molecule has 0 N–H and O–H groups in total. The molecule has 4 aromatic carbocycles. The molecule has 0 radical (unpaired) electrons. The maximum Gasteiger partial charge on any atom is 0.231 e. The van der Waals surface area contributed by atoms with Gasteiger partial charge in [0.25, 0.3) is 0 Å². The Labute approximate surface area is 201 Å². The number of hydrogen-bond donors (Lipinski definition) is 0. The zero-order chi connectivity index (χ0) is 24.4. The van der Waals surface area contributed by atoms with E-state index in [0.717, 1.165) is 32.7 Å². The molecular weight excluding hydrogens is 436 g/mol. The van der Waals surface area contributed by atoms with Gasteiger partial charge in [0.2, 0.25) is 6.79 Å². The number of ether oxygens (including phenoxy) is 2. The molecule has 0 fully saturated rings. The topological polar surface area (TPSA) is 114 Å². The van der Waals surface area contributed by atoms with Gasteiger partial charge in [0.05, 0.1) is 0 Å². The fourth-order valence-electron chi connectivity index (χ4n) is 4.36. The average molecular weight is 450 g/mol. The fraction of sp³-hybridized carbons (Fsp3) is 0.0345. The largest absolute Gasteiger partial charge is 0.456 e. The Balaban J connectivity index is 2.00. The van der Waals surface area contributed by atoms with Gasteiger partial charge in [-0.2, -0.15) is 21.0 Å². The normalized spacial score (nSPS) is 11.1. The van der Waals surface area contributed by atoms with Crippen molar-refractivity contribution in [3.63, 3.8) is 0 Å². The van der Waals surface area contributed by atoms with Crippen LogP contribution in [0, 0.1) is 45.3 Å². The average Bonchev–Trinajstić information content (AvgIpc) is 3.11.